The van der Waals surface area contributed by atoms with E-state index in [1.807, 2.05) is 6.08 Å². The van der Waals surface area contributed by atoms with E-state index in [0.717, 1.165) is 57.8 Å². The molecule has 10 heteroatoms. The highest BCUT2D eigenvalue weighted by molar-refractivity contribution is 5.80. The summed E-state index contributed by atoms with van der Waals surface area (Å²) >= 11 is 0. The van der Waals surface area contributed by atoms with Crippen LogP contribution in [0.2, 0.25) is 0 Å². The van der Waals surface area contributed by atoms with Crippen molar-refractivity contribution in [3.8, 4) is 0 Å². The van der Waals surface area contributed by atoms with Crippen molar-refractivity contribution in [3.63, 3.8) is 0 Å². The smallest absolute Gasteiger partial charge is 0.249 e. The van der Waals surface area contributed by atoms with E-state index >= 15 is 0 Å². The Bertz CT molecular complexity index is 901. The molecule has 1 heterocycles. The fourth-order valence-corrected chi connectivity index (χ4v) is 6.74. The predicted molar refractivity (Wildman–Crippen MR) is 213 cm³/mol. The summed E-state index contributed by atoms with van der Waals surface area (Å²) in [5, 5.41) is 64.5. The van der Waals surface area contributed by atoms with Gasteiger partial charge in [0, 0.05) is 0 Å². The van der Waals surface area contributed by atoms with Gasteiger partial charge in [0.05, 0.1) is 25.4 Å². The molecule has 0 unspecified atom stereocenters. The van der Waals surface area contributed by atoms with E-state index in [9.17, 15) is 35.4 Å². The molecule has 0 aliphatic carbocycles. The summed E-state index contributed by atoms with van der Waals surface area (Å²) in [4.78, 5) is 13.0. The number of rotatable bonds is 35. The van der Waals surface area contributed by atoms with Crippen LogP contribution in [0.25, 0.3) is 0 Å². The second-order valence-electron chi connectivity index (χ2n) is 15.3. The molecule has 1 fully saturated rings. The Hall–Kier alpha value is -1.37. The number of carbonyl (C=O) groups excluding carboxylic acids is 1. The summed E-state index contributed by atoms with van der Waals surface area (Å²) < 4.78 is 11.1. The summed E-state index contributed by atoms with van der Waals surface area (Å²) in [6, 6.07) is -0.979. The molecule has 8 atom stereocenters. The Morgan fingerprint density at radius 2 is 1.09 bits per heavy atom. The first-order valence-electron chi connectivity index (χ1n) is 21.7. The fourth-order valence-electron chi connectivity index (χ4n) is 6.74. The second kappa shape index (κ2) is 33.9. The highest BCUT2D eigenvalue weighted by Gasteiger charge is 2.44. The zero-order valence-corrected chi connectivity index (χ0v) is 33.6. The van der Waals surface area contributed by atoms with E-state index in [4.69, 9.17) is 9.47 Å². The SMILES string of the molecule is CCCCCCCC/C=C\CCCCCCC/C=C/[C@@H](O)[C@H](CO[C@@H]1O[C@H](CO)[C@@H](O)[C@H](O)[C@H]1O)NC(=O)[C@H](O)CCCCCCCCCCCCC. The number of unbranched alkanes of at least 4 members (excludes halogenated alkanes) is 22. The molecule has 7 N–H and O–H groups in total. The summed E-state index contributed by atoms with van der Waals surface area (Å²) in [6.07, 6.45) is 28.3. The maximum Gasteiger partial charge on any atom is 0.249 e. The minimum atomic E-state index is -1.61. The molecule has 0 saturated carbocycles. The van der Waals surface area contributed by atoms with E-state index in [0.29, 0.717) is 6.42 Å². The molecular weight excluding hydrogens is 674 g/mol. The van der Waals surface area contributed by atoms with Crippen molar-refractivity contribution in [2.75, 3.05) is 13.2 Å². The number of ether oxygens (including phenoxy) is 2. The maximum absolute atomic E-state index is 13.0. The number of allylic oxidation sites excluding steroid dienone is 3. The minimum absolute atomic E-state index is 0.307. The normalized spacial score (nSPS) is 22.5. The van der Waals surface area contributed by atoms with Gasteiger partial charge in [-0.2, -0.15) is 0 Å². The molecule has 0 aromatic carbocycles. The average Bonchev–Trinajstić information content (AvgIpc) is 3.16. The number of hydrogen-bond donors (Lipinski definition) is 7. The lowest BCUT2D eigenvalue weighted by Gasteiger charge is -2.40. The molecule has 0 spiro atoms. The van der Waals surface area contributed by atoms with Crippen LogP contribution in [0.3, 0.4) is 0 Å². The highest BCUT2D eigenvalue weighted by atomic mass is 16.7. The summed E-state index contributed by atoms with van der Waals surface area (Å²) in [6.45, 7) is 3.57. The van der Waals surface area contributed by atoms with Crippen molar-refractivity contribution in [1.82, 2.24) is 5.32 Å². The van der Waals surface area contributed by atoms with Crippen molar-refractivity contribution in [2.24, 2.45) is 0 Å². The van der Waals surface area contributed by atoms with Gasteiger partial charge in [0.2, 0.25) is 5.91 Å². The Morgan fingerprint density at radius 1 is 0.642 bits per heavy atom. The zero-order valence-electron chi connectivity index (χ0n) is 33.6. The molecule has 0 aromatic heterocycles. The first-order valence-corrected chi connectivity index (χ1v) is 21.7. The fraction of sp³-hybridized carbons (Fsp3) is 0.884. The lowest BCUT2D eigenvalue weighted by molar-refractivity contribution is -0.302. The van der Waals surface area contributed by atoms with E-state index in [1.54, 1.807) is 6.08 Å². The first-order chi connectivity index (χ1) is 25.8. The summed E-state index contributed by atoms with van der Waals surface area (Å²) in [5.74, 6) is -0.621. The van der Waals surface area contributed by atoms with Crippen molar-refractivity contribution in [2.45, 2.75) is 230 Å². The van der Waals surface area contributed by atoms with Crippen molar-refractivity contribution >= 4 is 5.91 Å². The lowest BCUT2D eigenvalue weighted by atomic mass is 9.99. The van der Waals surface area contributed by atoms with Crippen LogP contribution in [0.15, 0.2) is 24.3 Å². The Morgan fingerprint density at radius 3 is 1.58 bits per heavy atom. The molecule has 0 bridgehead atoms. The van der Waals surface area contributed by atoms with Crippen LogP contribution in [-0.4, -0.2) is 98.7 Å². The largest absolute Gasteiger partial charge is 0.394 e. The van der Waals surface area contributed by atoms with Gasteiger partial charge >= 0.3 is 0 Å². The van der Waals surface area contributed by atoms with E-state index in [2.05, 4.69) is 31.3 Å². The minimum Gasteiger partial charge on any atom is -0.394 e. The molecule has 53 heavy (non-hydrogen) atoms. The first kappa shape index (κ1) is 49.6. The third-order valence-electron chi connectivity index (χ3n) is 10.4. The number of carbonyl (C=O) groups is 1. The standard InChI is InChI=1S/C43H81NO9/c1-3-5-7-9-11-13-15-16-17-18-19-20-22-23-25-27-29-31-36(46)35(34-52-43-41(50)40(49)39(48)38(33-45)53-43)44-42(51)37(47)32-30-28-26-24-21-14-12-10-8-6-4-2/h16-17,29,31,35-41,43,45-50H,3-15,18-28,30,32-34H2,1-2H3,(H,44,51)/b17-16-,31-29+/t35-,36+,37+,38+,39+,40-,41+,43+/m0/s1. The van der Waals surface area contributed by atoms with E-state index in [-0.39, 0.29) is 6.61 Å². The second-order valence-corrected chi connectivity index (χ2v) is 15.3. The highest BCUT2D eigenvalue weighted by Crippen LogP contribution is 2.22. The van der Waals surface area contributed by atoms with Gasteiger partial charge in [0.1, 0.15) is 30.5 Å². The van der Waals surface area contributed by atoms with Gasteiger partial charge in [0.25, 0.3) is 0 Å². The molecule has 0 aromatic rings. The van der Waals surface area contributed by atoms with Gasteiger partial charge in [-0.1, -0.05) is 160 Å². The van der Waals surface area contributed by atoms with Gasteiger partial charge in [-0.3, -0.25) is 4.79 Å². The van der Waals surface area contributed by atoms with Gasteiger partial charge in [-0.25, -0.2) is 0 Å². The van der Waals surface area contributed by atoms with Crippen LogP contribution in [0.1, 0.15) is 181 Å². The van der Waals surface area contributed by atoms with Gasteiger partial charge < -0.3 is 45.4 Å². The van der Waals surface area contributed by atoms with Crippen LogP contribution in [0.4, 0.5) is 0 Å². The van der Waals surface area contributed by atoms with Gasteiger partial charge in [-0.15, -0.1) is 0 Å². The molecule has 0 radical (unpaired) electrons. The summed E-state index contributed by atoms with van der Waals surface area (Å²) in [7, 11) is 0. The van der Waals surface area contributed by atoms with Crippen LogP contribution >= 0.6 is 0 Å². The number of aliphatic hydroxyl groups is 6. The molecular formula is C43H81NO9. The van der Waals surface area contributed by atoms with Gasteiger partial charge in [0.15, 0.2) is 6.29 Å². The van der Waals surface area contributed by atoms with E-state index in [1.165, 1.54) is 103 Å². The molecule has 10 nitrogen and oxygen atoms in total. The van der Waals surface area contributed by atoms with Crippen LogP contribution in [0, 0.1) is 0 Å². The maximum atomic E-state index is 13.0. The molecule has 1 saturated heterocycles. The molecule has 312 valence electrons. The van der Waals surface area contributed by atoms with Crippen LogP contribution < -0.4 is 5.32 Å². The van der Waals surface area contributed by atoms with Crippen molar-refractivity contribution < 1.29 is 44.9 Å². The van der Waals surface area contributed by atoms with Crippen molar-refractivity contribution in [3.05, 3.63) is 24.3 Å². The topological polar surface area (TPSA) is 169 Å². The Balaban J connectivity index is 2.47. The lowest BCUT2D eigenvalue weighted by Crippen LogP contribution is -2.60. The number of nitrogens with one attached hydrogen (secondary N) is 1. The van der Waals surface area contributed by atoms with Gasteiger partial charge in [-0.05, 0) is 44.9 Å². The molecule has 1 aliphatic rings. The molecule has 1 aliphatic heterocycles. The van der Waals surface area contributed by atoms with Crippen LogP contribution in [-0.2, 0) is 14.3 Å². The number of aliphatic hydroxyl groups excluding tert-OH is 6. The Labute approximate surface area is 322 Å². The quantitative estimate of drug-likeness (QED) is 0.0259. The number of hydrogen-bond acceptors (Lipinski definition) is 9. The molecule has 1 rings (SSSR count). The zero-order chi connectivity index (χ0) is 38.9. The van der Waals surface area contributed by atoms with Crippen molar-refractivity contribution in [1.29, 1.82) is 0 Å². The number of amides is 1. The third kappa shape index (κ3) is 24.7. The molecule has 1 amide bonds. The average molecular weight is 756 g/mol. The third-order valence-corrected chi connectivity index (χ3v) is 10.4. The van der Waals surface area contributed by atoms with Crippen LogP contribution in [0.5, 0.6) is 0 Å². The summed E-state index contributed by atoms with van der Waals surface area (Å²) in [5.41, 5.74) is 0. The predicted octanol–water partition coefficient (Wildman–Crippen LogP) is 7.30. The van der Waals surface area contributed by atoms with E-state index < -0.39 is 61.5 Å². The Kier molecular flexibility index (Phi) is 31.8. The monoisotopic (exact) mass is 756 g/mol.